The number of likely N-dealkylation sites (tertiary alicyclic amines) is 1. The van der Waals surface area contributed by atoms with Gasteiger partial charge in [-0.25, -0.2) is 9.59 Å². The Morgan fingerprint density at radius 3 is 2.38 bits per heavy atom. The van der Waals surface area contributed by atoms with Crippen molar-refractivity contribution in [3.8, 4) is 0 Å². The van der Waals surface area contributed by atoms with Gasteiger partial charge < -0.3 is 35.1 Å². The molecule has 0 aliphatic carbocycles. The van der Waals surface area contributed by atoms with Crippen LogP contribution in [0.4, 0.5) is 10.5 Å². The van der Waals surface area contributed by atoms with Gasteiger partial charge in [0.05, 0.1) is 35.9 Å². The number of urea groups is 1. The molecule has 2 aliphatic heterocycles. The number of fused-ring (bicyclic) bond motifs is 1. The minimum Gasteiger partial charge on any atom is -0.392 e. The van der Waals surface area contributed by atoms with E-state index in [1.54, 1.807) is 6.07 Å². The number of aromatic amines is 1. The third-order valence-corrected chi connectivity index (χ3v) is 10.1. The molecule has 0 spiro atoms. The van der Waals surface area contributed by atoms with E-state index in [9.17, 15) is 19.5 Å². The molecule has 2 aliphatic rings. The minimum atomic E-state index is -0.698. The SMILES string of the molecule is CC(=O)C(Cc1ccccc1)NC(=O)Nc1cccc(C2OC(CN3CCC(n4c(=O)[nH]c5ccccc54)CC3)CC(c3ccc(CO)cc3)O2)c1. The fourth-order valence-electron chi connectivity index (χ4n) is 7.35. The average molecular weight is 704 g/mol. The molecule has 5 aromatic rings. The highest BCUT2D eigenvalue weighted by Gasteiger charge is 2.34. The van der Waals surface area contributed by atoms with E-state index < -0.39 is 18.4 Å². The number of nitrogens with zero attached hydrogens (tertiary/aromatic N) is 2. The van der Waals surface area contributed by atoms with Gasteiger partial charge in [0.25, 0.3) is 0 Å². The maximum absolute atomic E-state index is 13.1. The number of ether oxygens (including phenoxy) is 2. The van der Waals surface area contributed by atoms with Crippen LogP contribution in [0, 0.1) is 0 Å². The third kappa shape index (κ3) is 8.35. The van der Waals surface area contributed by atoms with E-state index in [-0.39, 0.29) is 36.3 Å². The number of Topliss-reactive ketones (excluding diaryl/α,β-unsaturated/α-hetero) is 1. The largest absolute Gasteiger partial charge is 0.392 e. The van der Waals surface area contributed by atoms with Crippen LogP contribution in [-0.2, 0) is 27.3 Å². The molecular formula is C41H45N5O6. The number of carbonyl (C=O) groups is 2. The summed E-state index contributed by atoms with van der Waals surface area (Å²) >= 11 is 0. The first-order valence-corrected chi connectivity index (χ1v) is 18.0. The number of H-pyrrole nitrogens is 1. The van der Waals surface area contributed by atoms with Crippen molar-refractivity contribution in [2.24, 2.45) is 0 Å². The van der Waals surface area contributed by atoms with Crippen LogP contribution < -0.4 is 16.3 Å². The summed E-state index contributed by atoms with van der Waals surface area (Å²) in [5, 5.41) is 15.3. The van der Waals surface area contributed by atoms with Crippen molar-refractivity contribution >= 4 is 28.5 Å². The van der Waals surface area contributed by atoms with Crippen LogP contribution in [0.5, 0.6) is 0 Å². The van der Waals surface area contributed by atoms with Gasteiger partial charge in [-0.05, 0) is 67.1 Å². The first-order valence-electron chi connectivity index (χ1n) is 18.0. The lowest BCUT2D eigenvalue weighted by atomic mass is 9.98. The lowest BCUT2D eigenvalue weighted by Crippen LogP contribution is -2.43. The highest BCUT2D eigenvalue weighted by atomic mass is 16.7. The molecule has 4 unspecified atom stereocenters. The lowest BCUT2D eigenvalue weighted by Gasteiger charge is -2.40. The number of rotatable bonds is 11. The van der Waals surface area contributed by atoms with E-state index in [1.807, 2.05) is 102 Å². The monoisotopic (exact) mass is 703 g/mol. The molecule has 11 nitrogen and oxygen atoms in total. The Balaban J connectivity index is 1.03. The van der Waals surface area contributed by atoms with E-state index >= 15 is 0 Å². The highest BCUT2D eigenvalue weighted by molar-refractivity contribution is 5.93. The van der Waals surface area contributed by atoms with Crippen molar-refractivity contribution in [1.29, 1.82) is 0 Å². The van der Waals surface area contributed by atoms with Crippen LogP contribution in [0.2, 0.25) is 0 Å². The molecule has 0 radical (unpaired) electrons. The Bertz CT molecular complexity index is 2040. The van der Waals surface area contributed by atoms with Crippen LogP contribution in [0.1, 0.15) is 66.9 Å². The van der Waals surface area contributed by atoms with Crippen LogP contribution in [0.25, 0.3) is 11.0 Å². The van der Waals surface area contributed by atoms with Gasteiger partial charge in [0.15, 0.2) is 12.1 Å². The molecule has 3 heterocycles. The molecule has 2 amide bonds. The number of imidazole rings is 1. The first kappa shape index (κ1) is 35.3. The van der Waals surface area contributed by atoms with E-state index in [1.165, 1.54) is 6.92 Å². The summed E-state index contributed by atoms with van der Waals surface area (Å²) in [5.41, 5.74) is 5.82. The molecule has 1 aromatic heterocycles. The standard InChI is InChI=1S/C41H45N5O6/c1-27(48)36(22-28-8-3-2-4-9-28)43-40(49)42-32-11-7-10-31(23-32)39-51-34(24-38(52-39)30-16-14-29(26-47)15-17-30)25-45-20-18-33(19-21-45)46-37-13-6-5-12-35(37)44-41(46)50/h2-17,23,33-34,36,38-39,47H,18-22,24-26H2,1H3,(H,44,50)(H2,42,43,49). The number of piperidine rings is 1. The summed E-state index contributed by atoms with van der Waals surface area (Å²) in [6, 6.07) is 31.6. The predicted molar refractivity (Wildman–Crippen MR) is 199 cm³/mol. The van der Waals surface area contributed by atoms with Crippen LogP contribution in [0.15, 0.2) is 108 Å². The number of para-hydroxylation sites is 2. The molecule has 52 heavy (non-hydrogen) atoms. The van der Waals surface area contributed by atoms with Crippen LogP contribution in [-0.4, -0.2) is 63.2 Å². The zero-order valence-corrected chi connectivity index (χ0v) is 29.2. The maximum Gasteiger partial charge on any atom is 0.326 e. The third-order valence-electron chi connectivity index (χ3n) is 10.1. The smallest absolute Gasteiger partial charge is 0.326 e. The summed E-state index contributed by atoms with van der Waals surface area (Å²) < 4.78 is 15.1. The van der Waals surface area contributed by atoms with E-state index in [0.29, 0.717) is 25.1 Å². The average Bonchev–Trinajstić information content (AvgIpc) is 3.50. The van der Waals surface area contributed by atoms with Crippen LogP contribution >= 0.6 is 0 Å². The van der Waals surface area contributed by atoms with Gasteiger partial charge in [0.1, 0.15) is 0 Å². The van der Waals surface area contributed by atoms with E-state index in [4.69, 9.17) is 9.47 Å². The zero-order chi connectivity index (χ0) is 36.0. The number of nitrogens with one attached hydrogen (secondary N) is 3. The van der Waals surface area contributed by atoms with Gasteiger partial charge in [-0.2, -0.15) is 0 Å². The molecule has 4 N–H and O–H groups in total. The number of hydrogen-bond acceptors (Lipinski definition) is 7. The Morgan fingerprint density at radius 2 is 1.63 bits per heavy atom. The molecule has 270 valence electrons. The Labute approximate surface area is 302 Å². The number of aromatic nitrogens is 2. The quantitative estimate of drug-likeness (QED) is 0.132. The molecule has 4 aromatic carbocycles. The minimum absolute atomic E-state index is 0.0341. The number of benzene rings is 4. The number of ketones is 1. The molecule has 0 bridgehead atoms. The molecule has 11 heteroatoms. The summed E-state index contributed by atoms with van der Waals surface area (Å²) in [5.74, 6) is -0.128. The van der Waals surface area contributed by atoms with Gasteiger partial charge in [-0.15, -0.1) is 0 Å². The van der Waals surface area contributed by atoms with Gasteiger partial charge in [-0.1, -0.05) is 78.9 Å². The number of carbonyl (C=O) groups excluding carboxylic acids is 2. The molecular weight excluding hydrogens is 658 g/mol. The predicted octanol–water partition coefficient (Wildman–Crippen LogP) is 6.03. The maximum atomic E-state index is 13.1. The van der Waals surface area contributed by atoms with E-state index in [0.717, 1.165) is 59.2 Å². The van der Waals surface area contributed by atoms with Crippen molar-refractivity contribution in [2.45, 2.75) is 69.8 Å². The second-order valence-corrected chi connectivity index (χ2v) is 13.8. The summed E-state index contributed by atoms with van der Waals surface area (Å²) in [6.45, 7) is 3.81. The Hall–Kier alpha value is -5.07. The molecule has 0 saturated carbocycles. The van der Waals surface area contributed by atoms with Gasteiger partial charge >= 0.3 is 11.7 Å². The van der Waals surface area contributed by atoms with E-state index in [2.05, 4.69) is 20.5 Å². The van der Waals surface area contributed by atoms with Gasteiger partial charge in [0.2, 0.25) is 0 Å². The number of anilines is 1. The molecule has 7 rings (SSSR count). The highest BCUT2D eigenvalue weighted by Crippen LogP contribution is 2.39. The van der Waals surface area contributed by atoms with Crippen molar-refractivity contribution in [3.05, 3.63) is 136 Å². The Kier molecular flexibility index (Phi) is 10.9. The number of aliphatic hydroxyl groups is 1. The van der Waals surface area contributed by atoms with Crippen molar-refractivity contribution in [2.75, 3.05) is 25.0 Å². The van der Waals surface area contributed by atoms with Crippen LogP contribution in [0.3, 0.4) is 0 Å². The lowest BCUT2D eigenvalue weighted by molar-refractivity contribution is -0.253. The fourth-order valence-corrected chi connectivity index (χ4v) is 7.35. The Morgan fingerprint density at radius 1 is 0.885 bits per heavy atom. The normalized spacial score (nSPS) is 20.4. The molecule has 2 fully saturated rings. The fraction of sp³-hybridized carbons (Fsp3) is 0.341. The van der Waals surface area contributed by atoms with Crippen molar-refractivity contribution in [3.63, 3.8) is 0 Å². The van der Waals surface area contributed by atoms with Gasteiger partial charge in [-0.3, -0.25) is 9.36 Å². The molecule has 4 atom stereocenters. The second-order valence-electron chi connectivity index (χ2n) is 13.8. The topological polar surface area (TPSA) is 138 Å². The summed E-state index contributed by atoms with van der Waals surface area (Å²) in [4.78, 5) is 43.7. The first-order chi connectivity index (χ1) is 25.3. The van der Waals surface area contributed by atoms with Crippen molar-refractivity contribution in [1.82, 2.24) is 19.8 Å². The number of amides is 2. The zero-order valence-electron chi connectivity index (χ0n) is 29.2. The van der Waals surface area contributed by atoms with Gasteiger partial charge in [0, 0.05) is 43.3 Å². The number of hydrogen-bond donors (Lipinski definition) is 4. The second kappa shape index (κ2) is 16.1. The summed E-state index contributed by atoms with van der Waals surface area (Å²) in [7, 11) is 0. The summed E-state index contributed by atoms with van der Waals surface area (Å²) in [6.07, 6.45) is 1.64. The molecule has 2 saturated heterocycles. The van der Waals surface area contributed by atoms with Crippen molar-refractivity contribution < 1.29 is 24.2 Å². The number of aliphatic hydroxyl groups excluding tert-OH is 1.